The maximum Gasteiger partial charge on any atom is 0.308 e. The van der Waals surface area contributed by atoms with E-state index in [-0.39, 0.29) is 25.4 Å². The van der Waals surface area contributed by atoms with Crippen molar-refractivity contribution in [3.05, 3.63) is 47.2 Å². The number of carboxylic acids is 1. The van der Waals surface area contributed by atoms with Gasteiger partial charge >= 0.3 is 5.97 Å². The lowest BCUT2D eigenvalue weighted by atomic mass is 10.1. The number of carbonyl (C=O) groups excluding carboxylic acids is 1. The normalized spacial score (nSPS) is 18.0. The fourth-order valence-electron chi connectivity index (χ4n) is 2.55. The van der Waals surface area contributed by atoms with Crippen LogP contribution < -0.4 is 0 Å². The average Bonchev–Trinajstić information content (AvgIpc) is 3.08. The molecule has 0 spiro atoms. The van der Waals surface area contributed by atoms with Crippen LogP contribution in [0.5, 0.6) is 0 Å². The van der Waals surface area contributed by atoms with Gasteiger partial charge in [0, 0.05) is 18.5 Å². The third kappa shape index (κ3) is 2.85. The zero-order chi connectivity index (χ0) is 15.7. The molecule has 1 atom stereocenters. The van der Waals surface area contributed by atoms with Crippen molar-refractivity contribution >= 4 is 23.5 Å². The zero-order valence-electron chi connectivity index (χ0n) is 11.7. The van der Waals surface area contributed by atoms with Gasteiger partial charge in [-0.05, 0) is 24.3 Å². The molecule has 3 rings (SSSR count). The summed E-state index contributed by atoms with van der Waals surface area (Å²) in [6.07, 6.45) is 0.0490. The minimum absolute atomic E-state index is 0.0490. The van der Waals surface area contributed by atoms with Gasteiger partial charge in [0.2, 0.25) is 5.91 Å². The molecule has 6 heteroatoms. The molecule has 1 aliphatic rings. The maximum absolute atomic E-state index is 11.8. The zero-order valence-corrected chi connectivity index (χ0v) is 12.4. The number of benzene rings is 1. The van der Waals surface area contributed by atoms with E-state index in [1.807, 2.05) is 18.2 Å². The van der Waals surface area contributed by atoms with Crippen LogP contribution in [0.3, 0.4) is 0 Å². The molecule has 5 nitrogen and oxygen atoms in total. The molecule has 0 bridgehead atoms. The van der Waals surface area contributed by atoms with Gasteiger partial charge in [-0.3, -0.25) is 9.59 Å². The molecular formula is C16H14ClNO4. The number of carboxylic acid groups (broad SMARTS) is 1. The van der Waals surface area contributed by atoms with Crippen LogP contribution in [0.15, 0.2) is 40.8 Å². The molecule has 0 saturated carbocycles. The van der Waals surface area contributed by atoms with Gasteiger partial charge in [0.1, 0.15) is 11.5 Å². The van der Waals surface area contributed by atoms with Gasteiger partial charge in [-0.15, -0.1) is 0 Å². The second-order valence-electron chi connectivity index (χ2n) is 5.26. The van der Waals surface area contributed by atoms with Gasteiger partial charge in [0.15, 0.2) is 0 Å². The van der Waals surface area contributed by atoms with Crippen LogP contribution in [-0.2, 0) is 16.1 Å². The minimum atomic E-state index is -0.938. The molecule has 1 N–H and O–H groups in total. The van der Waals surface area contributed by atoms with E-state index in [4.69, 9.17) is 21.1 Å². The molecule has 1 unspecified atom stereocenters. The van der Waals surface area contributed by atoms with Gasteiger partial charge in [0.05, 0.1) is 17.5 Å². The molecule has 22 heavy (non-hydrogen) atoms. The predicted octanol–water partition coefficient (Wildman–Crippen LogP) is 3.03. The van der Waals surface area contributed by atoms with E-state index in [2.05, 4.69) is 0 Å². The quantitative estimate of drug-likeness (QED) is 0.940. The molecule has 0 aliphatic carbocycles. The Morgan fingerprint density at radius 1 is 1.32 bits per heavy atom. The highest BCUT2D eigenvalue weighted by atomic mass is 35.5. The van der Waals surface area contributed by atoms with Gasteiger partial charge in [-0.25, -0.2) is 0 Å². The Kier molecular flexibility index (Phi) is 3.90. The van der Waals surface area contributed by atoms with E-state index in [0.717, 1.165) is 5.56 Å². The molecule has 1 amide bonds. The highest BCUT2D eigenvalue weighted by molar-refractivity contribution is 6.33. The molecule has 1 fully saturated rings. The first-order valence-electron chi connectivity index (χ1n) is 6.89. The largest absolute Gasteiger partial charge is 0.481 e. The van der Waals surface area contributed by atoms with Crippen LogP contribution >= 0.6 is 11.6 Å². The van der Waals surface area contributed by atoms with Gasteiger partial charge < -0.3 is 14.4 Å². The van der Waals surface area contributed by atoms with Gasteiger partial charge in [-0.2, -0.15) is 0 Å². The van der Waals surface area contributed by atoms with Crippen molar-refractivity contribution in [2.45, 2.75) is 13.0 Å². The van der Waals surface area contributed by atoms with Gasteiger partial charge in [0.25, 0.3) is 0 Å². The Morgan fingerprint density at radius 3 is 2.77 bits per heavy atom. The highest BCUT2D eigenvalue weighted by Gasteiger charge is 2.34. The van der Waals surface area contributed by atoms with Crippen LogP contribution in [0.4, 0.5) is 0 Å². The first-order valence-corrected chi connectivity index (χ1v) is 7.26. The Labute approximate surface area is 132 Å². The Balaban J connectivity index is 1.74. The number of hydrogen-bond donors (Lipinski definition) is 1. The van der Waals surface area contributed by atoms with E-state index in [1.165, 1.54) is 4.90 Å². The summed E-state index contributed by atoms with van der Waals surface area (Å²) in [5.74, 6) is -0.503. The molecule has 2 aromatic rings. The summed E-state index contributed by atoms with van der Waals surface area (Å²) in [4.78, 5) is 24.3. The maximum atomic E-state index is 11.8. The number of carbonyl (C=O) groups is 2. The number of amides is 1. The predicted molar refractivity (Wildman–Crippen MR) is 80.3 cm³/mol. The number of likely N-dealkylation sites (tertiary alicyclic amines) is 1. The van der Waals surface area contributed by atoms with Crippen molar-refractivity contribution in [1.82, 2.24) is 4.90 Å². The van der Waals surface area contributed by atoms with Crippen molar-refractivity contribution < 1.29 is 19.1 Å². The summed E-state index contributed by atoms with van der Waals surface area (Å²) in [6.45, 7) is 0.489. The lowest BCUT2D eigenvalue weighted by Crippen LogP contribution is -2.25. The van der Waals surface area contributed by atoms with Crippen LogP contribution in [0.1, 0.15) is 12.2 Å². The first kappa shape index (κ1) is 14.7. The summed E-state index contributed by atoms with van der Waals surface area (Å²) in [7, 11) is 0. The molecule has 114 valence electrons. The third-order valence-corrected chi connectivity index (χ3v) is 4.04. The van der Waals surface area contributed by atoms with Gasteiger partial charge in [-0.1, -0.05) is 23.7 Å². The smallest absolute Gasteiger partial charge is 0.308 e. The fraction of sp³-hybridized carbons (Fsp3) is 0.250. The Bertz CT molecular complexity index is 724. The van der Waals surface area contributed by atoms with Crippen molar-refractivity contribution in [3.8, 4) is 11.3 Å². The Morgan fingerprint density at radius 2 is 2.09 bits per heavy atom. The molecule has 0 radical (unpaired) electrons. The third-order valence-electron chi connectivity index (χ3n) is 3.71. The second kappa shape index (κ2) is 5.85. The van der Waals surface area contributed by atoms with E-state index >= 15 is 0 Å². The van der Waals surface area contributed by atoms with E-state index in [0.29, 0.717) is 16.5 Å². The van der Waals surface area contributed by atoms with Crippen molar-refractivity contribution in [1.29, 1.82) is 0 Å². The number of nitrogens with zero attached hydrogens (tertiary/aromatic N) is 1. The van der Waals surface area contributed by atoms with Crippen molar-refractivity contribution in [2.75, 3.05) is 6.54 Å². The molecule has 1 aromatic heterocycles. The number of hydrogen-bond acceptors (Lipinski definition) is 3. The molecule has 1 aromatic carbocycles. The molecule has 2 heterocycles. The van der Waals surface area contributed by atoms with Crippen LogP contribution in [-0.4, -0.2) is 28.4 Å². The average molecular weight is 320 g/mol. The topological polar surface area (TPSA) is 70.8 Å². The summed E-state index contributed by atoms with van der Waals surface area (Å²) >= 11 is 6.13. The van der Waals surface area contributed by atoms with E-state index in [9.17, 15) is 9.59 Å². The summed E-state index contributed by atoms with van der Waals surface area (Å²) in [5.41, 5.74) is 0.784. The van der Waals surface area contributed by atoms with Crippen LogP contribution in [0.2, 0.25) is 5.02 Å². The van der Waals surface area contributed by atoms with Crippen LogP contribution in [0.25, 0.3) is 11.3 Å². The second-order valence-corrected chi connectivity index (χ2v) is 5.67. The first-order chi connectivity index (χ1) is 10.5. The standard InChI is InChI=1S/C16H14ClNO4/c17-13-4-2-1-3-12(13)14-6-5-11(22-14)9-18-8-10(16(20)21)7-15(18)19/h1-6,10H,7-9H2,(H,20,21). The highest BCUT2D eigenvalue weighted by Crippen LogP contribution is 2.30. The molecule has 1 aliphatic heterocycles. The lowest BCUT2D eigenvalue weighted by Gasteiger charge is -2.13. The lowest BCUT2D eigenvalue weighted by molar-refractivity contribution is -0.141. The number of halogens is 1. The Hall–Kier alpha value is -2.27. The number of aliphatic carboxylic acids is 1. The molecular weight excluding hydrogens is 306 g/mol. The van der Waals surface area contributed by atoms with E-state index in [1.54, 1.807) is 18.2 Å². The monoisotopic (exact) mass is 319 g/mol. The summed E-state index contributed by atoms with van der Waals surface area (Å²) in [5, 5.41) is 9.57. The molecule has 1 saturated heterocycles. The van der Waals surface area contributed by atoms with Crippen molar-refractivity contribution in [3.63, 3.8) is 0 Å². The SMILES string of the molecule is O=C(O)C1CC(=O)N(Cc2ccc(-c3ccccc3Cl)o2)C1. The fourth-order valence-corrected chi connectivity index (χ4v) is 2.78. The van der Waals surface area contributed by atoms with E-state index < -0.39 is 11.9 Å². The minimum Gasteiger partial charge on any atom is -0.481 e. The number of furan rings is 1. The summed E-state index contributed by atoms with van der Waals surface area (Å²) < 4.78 is 5.73. The van der Waals surface area contributed by atoms with Crippen LogP contribution in [0, 0.1) is 5.92 Å². The van der Waals surface area contributed by atoms with Crippen molar-refractivity contribution in [2.24, 2.45) is 5.92 Å². The summed E-state index contributed by atoms with van der Waals surface area (Å²) in [6, 6.07) is 10.9. The number of rotatable bonds is 4.